The van der Waals surface area contributed by atoms with Crippen LogP contribution in [0.3, 0.4) is 0 Å². The van der Waals surface area contributed by atoms with Crippen LogP contribution in [0.15, 0.2) is 72.8 Å². The number of fused-ring (bicyclic) bond motifs is 1. The zero-order chi connectivity index (χ0) is 17.2. The van der Waals surface area contributed by atoms with Crippen molar-refractivity contribution in [1.82, 2.24) is 4.90 Å². The molecule has 0 spiro atoms. The van der Waals surface area contributed by atoms with Crippen LogP contribution in [0.5, 0.6) is 0 Å². The van der Waals surface area contributed by atoms with Crippen LogP contribution in [0.25, 0.3) is 10.8 Å². The minimum absolute atomic E-state index is 0.170. The molecule has 1 fully saturated rings. The fourth-order valence-electron chi connectivity index (χ4n) is 3.23. The van der Waals surface area contributed by atoms with Crippen molar-refractivity contribution in [3.8, 4) is 0 Å². The van der Waals surface area contributed by atoms with Crippen LogP contribution in [0, 0.1) is 0 Å². The summed E-state index contributed by atoms with van der Waals surface area (Å²) in [5.41, 5.74) is 1.79. The largest absolute Gasteiger partial charge is 0.446 e. The molecule has 1 heterocycles. The van der Waals surface area contributed by atoms with E-state index in [1.807, 2.05) is 72.8 Å². The van der Waals surface area contributed by atoms with Gasteiger partial charge in [0, 0.05) is 0 Å². The minimum atomic E-state index is -0.570. The van der Waals surface area contributed by atoms with Crippen molar-refractivity contribution in [2.24, 2.45) is 0 Å². The van der Waals surface area contributed by atoms with Gasteiger partial charge < -0.3 is 4.74 Å². The van der Waals surface area contributed by atoms with Gasteiger partial charge in [-0.15, -0.1) is 0 Å². The van der Waals surface area contributed by atoms with Gasteiger partial charge >= 0.3 is 6.09 Å². The van der Waals surface area contributed by atoms with E-state index in [1.54, 1.807) is 0 Å². The Morgan fingerprint density at radius 1 is 0.960 bits per heavy atom. The third-order valence-corrected chi connectivity index (χ3v) is 4.50. The number of nitrogens with zero attached hydrogens (tertiary/aromatic N) is 1. The Bertz CT molecular complexity index is 936. The molecule has 0 aromatic heterocycles. The van der Waals surface area contributed by atoms with E-state index < -0.39 is 6.09 Å². The van der Waals surface area contributed by atoms with E-state index in [1.165, 1.54) is 4.90 Å². The second-order valence-electron chi connectivity index (χ2n) is 6.13. The van der Waals surface area contributed by atoms with Crippen molar-refractivity contribution in [3.63, 3.8) is 0 Å². The number of cyclic esters (lactones) is 1. The molecular weight excluding hydrogens is 314 g/mol. The summed E-state index contributed by atoms with van der Waals surface area (Å²) in [6.45, 7) is 0.201. The van der Waals surface area contributed by atoms with E-state index in [0.29, 0.717) is 0 Å². The van der Waals surface area contributed by atoms with Crippen LogP contribution >= 0.6 is 0 Å². The predicted molar refractivity (Wildman–Crippen MR) is 95.0 cm³/mol. The molecule has 0 bridgehead atoms. The van der Waals surface area contributed by atoms with Crippen LogP contribution in [0.2, 0.25) is 0 Å². The highest BCUT2D eigenvalue weighted by atomic mass is 16.6. The highest BCUT2D eigenvalue weighted by Crippen LogP contribution is 2.28. The first-order valence-corrected chi connectivity index (χ1v) is 8.24. The lowest BCUT2D eigenvalue weighted by Crippen LogP contribution is -2.35. The fraction of sp³-hybridized carbons (Fsp3) is 0.143. The van der Waals surface area contributed by atoms with Crippen LogP contribution in [-0.2, 0) is 16.0 Å². The van der Waals surface area contributed by atoms with Gasteiger partial charge in [0.2, 0.25) is 5.91 Å². The number of carbonyl (C=O) groups excluding carboxylic acids is 2. The second kappa shape index (κ2) is 6.40. The van der Waals surface area contributed by atoms with Gasteiger partial charge in [0.15, 0.2) is 0 Å². The SMILES string of the molecule is O=C(Cc1ccc2ccccc2c1)N1C(=O)OC[C@H]1c1ccccc1. The molecule has 1 aliphatic heterocycles. The Balaban J connectivity index is 1.59. The molecule has 4 nitrogen and oxygen atoms in total. The van der Waals surface area contributed by atoms with Gasteiger partial charge in [-0.25, -0.2) is 9.69 Å². The van der Waals surface area contributed by atoms with Crippen LogP contribution < -0.4 is 0 Å². The zero-order valence-electron chi connectivity index (χ0n) is 13.6. The van der Waals surface area contributed by atoms with Crippen molar-refractivity contribution >= 4 is 22.8 Å². The number of carbonyl (C=O) groups is 2. The number of hydrogen-bond donors (Lipinski definition) is 0. The molecular formula is C21H17NO3. The zero-order valence-corrected chi connectivity index (χ0v) is 13.6. The normalized spacial score (nSPS) is 16.9. The average molecular weight is 331 g/mol. The number of imide groups is 1. The van der Waals surface area contributed by atoms with Crippen molar-refractivity contribution in [1.29, 1.82) is 0 Å². The molecule has 1 atom stereocenters. The van der Waals surface area contributed by atoms with Gasteiger partial charge in [-0.05, 0) is 21.9 Å². The summed E-state index contributed by atoms with van der Waals surface area (Å²) in [6, 6.07) is 23.1. The number of benzene rings is 3. The molecule has 0 aliphatic carbocycles. The van der Waals surface area contributed by atoms with Gasteiger partial charge in [-0.1, -0.05) is 72.8 Å². The predicted octanol–water partition coefficient (Wildman–Crippen LogP) is 4.10. The molecule has 1 aliphatic rings. The fourth-order valence-corrected chi connectivity index (χ4v) is 3.23. The van der Waals surface area contributed by atoms with E-state index in [0.717, 1.165) is 21.9 Å². The second-order valence-corrected chi connectivity index (χ2v) is 6.13. The Morgan fingerprint density at radius 2 is 1.68 bits per heavy atom. The quantitative estimate of drug-likeness (QED) is 0.726. The Labute approximate surface area is 145 Å². The Kier molecular flexibility index (Phi) is 3.94. The monoisotopic (exact) mass is 331 g/mol. The summed E-state index contributed by atoms with van der Waals surface area (Å²) in [4.78, 5) is 26.1. The molecule has 1 saturated heterocycles. The van der Waals surface area contributed by atoms with E-state index >= 15 is 0 Å². The lowest BCUT2D eigenvalue weighted by atomic mass is 10.0. The Hall–Kier alpha value is -3.14. The van der Waals surface area contributed by atoms with Gasteiger partial charge in [-0.3, -0.25) is 4.79 Å². The van der Waals surface area contributed by atoms with Gasteiger partial charge in [0.25, 0.3) is 0 Å². The van der Waals surface area contributed by atoms with Crippen LogP contribution in [0.4, 0.5) is 4.79 Å². The van der Waals surface area contributed by atoms with E-state index in [2.05, 4.69) is 0 Å². The molecule has 3 aromatic rings. The van der Waals surface area contributed by atoms with Crippen molar-refractivity contribution in [3.05, 3.63) is 83.9 Å². The first kappa shape index (κ1) is 15.4. The van der Waals surface area contributed by atoms with Gasteiger partial charge in [-0.2, -0.15) is 0 Å². The molecule has 2 amide bonds. The lowest BCUT2D eigenvalue weighted by molar-refractivity contribution is -0.128. The first-order valence-electron chi connectivity index (χ1n) is 8.24. The van der Waals surface area contributed by atoms with Gasteiger partial charge in [0.1, 0.15) is 12.6 Å². The number of ether oxygens (including phenoxy) is 1. The van der Waals surface area contributed by atoms with E-state index in [4.69, 9.17) is 4.74 Å². The highest BCUT2D eigenvalue weighted by Gasteiger charge is 2.38. The van der Waals surface area contributed by atoms with Crippen LogP contribution in [0.1, 0.15) is 17.2 Å². The van der Waals surface area contributed by atoms with Crippen LogP contribution in [-0.4, -0.2) is 23.5 Å². The average Bonchev–Trinajstić information content (AvgIpc) is 3.04. The molecule has 3 aromatic carbocycles. The third kappa shape index (κ3) is 2.98. The van der Waals surface area contributed by atoms with Crippen molar-refractivity contribution in [2.75, 3.05) is 6.61 Å². The van der Waals surface area contributed by atoms with Gasteiger partial charge in [0.05, 0.1) is 6.42 Å². The number of hydrogen-bond acceptors (Lipinski definition) is 3. The molecule has 0 unspecified atom stereocenters. The maximum Gasteiger partial charge on any atom is 0.417 e. The lowest BCUT2D eigenvalue weighted by Gasteiger charge is -2.20. The van der Waals surface area contributed by atoms with Crippen molar-refractivity contribution in [2.45, 2.75) is 12.5 Å². The minimum Gasteiger partial charge on any atom is -0.446 e. The number of rotatable bonds is 3. The molecule has 4 rings (SSSR count). The van der Waals surface area contributed by atoms with E-state index in [9.17, 15) is 9.59 Å². The maximum atomic E-state index is 12.8. The summed E-state index contributed by atoms with van der Waals surface area (Å²) in [5.74, 6) is -0.244. The molecule has 0 N–H and O–H groups in total. The summed E-state index contributed by atoms with van der Waals surface area (Å²) in [5, 5.41) is 2.21. The summed E-state index contributed by atoms with van der Waals surface area (Å²) in [6.07, 6.45) is -0.400. The standard InChI is InChI=1S/C21H17NO3/c23-20(13-15-10-11-16-6-4-5-9-18(16)12-15)22-19(14-25-21(22)24)17-7-2-1-3-8-17/h1-12,19H,13-14H2/t19-/m0/s1. The molecule has 4 heteroatoms. The van der Waals surface area contributed by atoms with E-state index in [-0.39, 0.29) is 25.0 Å². The molecule has 0 radical (unpaired) electrons. The number of amides is 2. The Morgan fingerprint density at radius 3 is 2.48 bits per heavy atom. The van der Waals surface area contributed by atoms with Crippen molar-refractivity contribution < 1.29 is 14.3 Å². The summed E-state index contributed by atoms with van der Waals surface area (Å²) >= 11 is 0. The maximum absolute atomic E-state index is 12.8. The summed E-state index contributed by atoms with van der Waals surface area (Å²) in [7, 11) is 0. The third-order valence-electron chi connectivity index (χ3n) is 4.50. The smallest absolute Gasteiger partial charge is 0.417 e. The molecule has 124 valence electrons. The molecule has 0 saturated carbocycles. The highest BCUT2D eigenvalue weighted by molar-refractivity contribution is 5.95. The molecule has 25 heavy (non-hydrogen) atoms. The first-order chi connectivity index (χ1) is 12.2. The summed E-state index contributed by atoms with van der Waals surface area (Å²) < 4.78 is 5.13. The topological polar surface area (TPSA) is 46.6 Å².